The van der Waals surface area contributed by atoms with E-state index in [9.17, 15) is 24.6 Å². The lowest BCUT2D eigenvalue weighted by molar-refractivity contribution is -0.215. The van der Waals surface area contributed by atoms with Crippen LogP contribution in [0.15, 0.2) is 22.8 Å². The molecule has 0 fully saturated rings. The Labute approximate surface area is 129 Å². The number of aliphatic hydroxyl groups is 1. The summed E-state index contributed by atoms with van der Waals surface area (Å²) >= 11 is 0. The number of ether oxygens (including phenoxy) is 1. The van der Waals surface area contributed by atoms with Gasteiger partial charge < -0.3 is 14.9 Å². The Morgan fingerprint density at radius 1 is 1.23 bits per heavy atom. The minimum absolute atomic E-state index is 0.164. The Morgan fingerprint density at radius 3 is 2.05 bits per heavy atom. The highest BCUT2D eigenvalue weighted by Crippen LogP contribution is 2.46. The third-order valence-electron chi connectivity index (χ3n) is 3.66. The average Bonchev–Trinajstić information content (AvgIpc) is 2.23. The number of rotatable bonds is 3. The highest BCUT2D eigenvalue weighted by atomic mass is 16.7. The van der Waals surface area contributed by atoms with Gasteiger partial charge in [-0.05, 0) is 30.9 Å². The number of allylic oxidation sites excluding steroid dienone is 2. The van der Waals surface area contributed by atoms with Gasteiger partial charge in [0.05, 0.1) is 0 Å². The van der Waals surface area contributed by atoms with E-state index in [-0.39, 0.29) is 22.5 Å². The number of aliphatic carboxylic acids is 1. The van der Waals surface area contributed by atoms with E-state index in [0.717, 1.165) is 6.92 Å². The summed E-state index contributed by atoms with van der Waals surface area (Å²) in [7, 11) is 0. The zero-order valence-corrected chi connectivity index (χ0v) is 13.7. The van der Waals surface area contributed by atoms with Gasteiger partial charge in [-0.15, -0.1) is 0 Å². The maximum Gasteiger partial charge on any atom is 0.317 e. The highest BCUT2D eigenvalue weighted by molar-refractivity contribution is 5.99. The predicted molar refractivity (Wildman–Crippen MR) is 78.8 cm³/mol. The van der Waals surface area contributed by atoms with Crippen LogP contribution in [-0.2, 0) is 19.1 Å². The summed E-state index contributed by atoms with van der Waals surface area (Å²) in [6.45, 7) is 9.08. The quantitative estimate of drug-likeness (QED) is 0.609. The van der Waals surface area contributed by atoms with E-state index in [2.05, 4.69) is 0 Å². The molecule has 2 unspecified atom stereocenters. The normalized spacial score (nSPS) is 25.6. The molecule has 6 nitrogen and oxygen atoms in total. The molecule has 0 aromatic rings. The first-order chi connectivity index (χ1) is 9.82. The molecule has 2 atom stereocenters. The van der Waals surface area contributed by atoms with E-state index in [1.807, 2.05) is 0 Å². The minimum atomic E-state index is -2.32. The maximum absolute atomic E-state index is 11.8. The second-order valence-electron chi connectivity index (χ2n) is 6.52. The van der Waals surface area contributed by atoms with Gasteiger partial charge in [-0.2, -0.15) is 0 Å². The van der Waals surface area contributed by atoms with Crippen molar-refractivity contribution in [3.63, 3.8) is 0 Å². The summed E-state index contributed by atoms with van der Waals surface area (Å²) in [4.78, 5) is 34.9. The Morgan fingerprint density at radius 2 is 1.73 bits per heavy atom. The van der Waals surface area contributed by atoms with Crippen molar-refractivity contribution in [2.45, 2.75) is 47.3 Å². The summed E-state index contributed by atoms with van der Waals surface area (Å²) in [5.74, 6) is -6.33. The van der Waals surface area contributed by atoms with Crippen molar-refractivity contribution in [1.82, 2.24) is 0 Å². The van der Waals surface area contributed by atoms with E-state index in [1.54, 1.807) is 20.8 Å². The van der Waals surface area contributed by atoms with Crippen LogP contribution in [0.4, 0.5) is 0 Å². The lowest BCUT2D eigenvalue weighted by Crippen LogP contribution is -2.52. The molecule has 0 aliphatic heterocycles. The molecule has 1 rings (SSSR count). The van der Waals surface area contributed by atoms with Crippen LogP contribution in [0.3, 0.4) is 0 Å². The summed E-state index contributed by atoms with van der Waals surface area (Å²) in [5.41, 5.74) is -0.149. The number of carbonyl (C=O) groups is 3. The zero-order chi connectivity index (χ0) is 17.5. The maximum atomic E-state index is 11.8. The molecule has 1 aliphatic rings. The molecule has 2 N–H and O–H groups in total. The molecule has 122 valence electrons. The fourth-order valence-corrected chi connectivity index (χ4v) is 2.78. The molecule has 0 aromatic heterocycles. The molecular weight excluding hydrogens is 288 g/mol. The monoisotopic (exact) mass is 310 g/mol. The second kappa shape index (κ2) is 5.68. The van der Waals surface area contributed by atoms with Crippen LogP contribution in [0.25, 0.3) is 0 Å². The Bertz CT molecular complexity index is 590. The standard InChI is InChI=1S/C16H22O6/c1-8-11(9(2)17)7-12(15(4,5)6)16(21,22-10(3)18)13(8)14(19)20/h7,13,21H,1-6H3,(H,19,20). The number of esters is 1. The molecule has 6 heteroatoms. The van der Waals surface area contributed by atoms with E-state index in [1.165, 1.54) is 19.9 Å². The molecular formula is C16H22O6. The van der Waals surface area contributed by atoms with Gasteiger partial charge >= 0.3 is 11.9 Å². The number of ketones is 1. The van der Waals surface area contributed by atoms with Gasteiger partial charge in [0.15, 0.2) is 5.78 Å². The third-order valence-corrected chi connectivity index (χ3v) is 3.66. The molecule has 0 amide bonds. The Kier molecular flexibility index (Phi) is 4.67. The van der Waals surface area contributed by atoms with Gasteiger partial charge in [-0.3, -0.25) is 14.4 Å². The van der Waals surface area contributed by atoms with E-state index < -0.39 is 29.1 Å². The Hall–Kier alpha value is -1.95. The van der Waals surface area contributed by atoms with Crippen LogP contribution in [-0.4, -0.2) is 33.7 Å². The van der Waals surface area contributed by atoms with Crippen molar-refractivity contribution in [1.29, 1.82) is 0 Å². The van der Waals surface area contributed by atoms with Crippen LogP contribution in [0.1, 0.15) is 41.5 Å². The van der Waals surface area contributed by atoms with Gasteiger partial charge in [0.2, 0.25) is 0 Å². The van der Waals surface area contributed by atoms with Gasteiger partial charge in [-0.1, -0.05) is 20.8 Å². The summed E-state index contributed by atoms with van der Waals surface area (Å²) in [5, 5.41) is 20.4. The summed E-state index contributed by atoms with van der Waals surface area (Å²) in [6.07, 6.45) is 1.43. The van der Waals surface area contributed by atoms with Crippen LogP contribution < -0.4 is 0 Å². The van der Waals surface area contributed by atoms with Crippen molar-refractivity contribution < 1.29 is 29.3 Å². The summed E-state index contributed by atoms with van der Waals surface area (Å²) in [6, 6.07) is 0. The summed E-state index contributed by atoms with van der Waals surface area (Å²) < 4.78 is 5.01. The number of carbonyl (C=O) groups excluding carboxylic acids is 2. The Balaban J connectivity index is 3.72. The second-order valence-corrected chi connectivity index (χ2v) is 6.52. The smallest absolute Gasteiger partial charge is 0.317 e. The molecule has 0 radical (unpaired) electrons. The van der Waals surface area contributed by atoms with Crippen LogP contribution in [0.5, 0.6) is 0 Å². The molecule has 0 bridgehead atoms. The number of carboxylic acids is 1. The van der Waals surface area contributed by atoms with Crippen molar-refractivity contribution in [2.75, 3.05) is 0 Å². The third kappa shape index (κ3) is 3.11. The van der Waals surface area contributed by atoms with Crippen molar-refractivity contribution in [2.24, 2.45) is 11.3 Å². The molecule has 0 saturated heterocycles. The molecule has 22 heavy (non-hydrogen) atoms. The zero-order valence-electron chi connectivity index (χ0n) is 13.7. The highest BCUT2D eigenvalue weighted by Gasteiger charge is 2.54. The van der Waals surface area contributed by atoms with Crippen LogP contribution >= 0.6 is 0 Å². The van der Waals surface area contributed by atoms with Gasteiger partial charge in [0.25, 0.3) is 5.79 Å². The molecule has 0 heterocycles. The van der Waals surface area contributed by atoms with Crippen LogP contribution in [0.2, 0.25) is 0 Å². The number of Topliss-reactive ketones (excluding diaryl/α,β-unsaturated/α-hetero) is 1. The number of hydrogen-bond donors (Lipinski definition) is 2. The lowest BCUT2D eigenvalue weighted by Gasteiger charge is -2.43. The van der Waals surface area contributed by atoms with Crippen molar-refractivity contribution >= 4 is 17.7 Å². The topological polar surface area (TPSA) is 101 Å². The average molecular weight is 310 g/mol. The van der Waals surface area contributed by atoms with E-state index in [0.29, 0.717) is 0 Å². The minimum Gasteiger partial charge on any atom is -0.481 e. The first-order valence-corrected chi connectivity index (χ1v) is 6.91. The van der Waals surface area contributed by atoms with Gasteiger partial charge in [-0.25, -0.2) is 0 Å². The number of hydrogen-bond acceptors (Lipinski definition) is 5. The fourth-order valence-electron chi connectivity index (χ4n) is 2.78. The van der Waals surface area contributed by atoms with Gasteiger partial charge in [0.1, 0.15) is 5.92 Å². The SMILES string of the molecule is CC(=O)OC1(O)C(C(C)(C)C)=CC(C(C)=O)=C(C)C1C(=O)O. The van der Waals surface area contributed by atoms with Crippen LogP contribution in [0, 0.1) is 11.3 Å². The first-order valence-electron chi connectivity index (χ1n) is 6.91. The molecule has 0 aromatic carbocycles. The first kappa shape index (κ1) is 18.1. The van der Waals surface area contributed by atoms with E-state index >= 15 is 0 Å². The lowest BCUT2D eigenvalue weighted by atomic mass is 9.69. The van der Waals surface area contributed by atoms with E-state index in [4.69, 9.17) is 4.74 Å². The molecule has 0 spiro atoms. The van der Waals surface area contributed by atoms with Crippen molar-refractivity contribution in [3.8, 4) is 0 Å². The largest absolute Gasteiger partial charge is 0.481 e. The predicted octanol–water partition coefficient (Wildman–Crippen LogP) is 1.83. The molecule has 1 aliphatic carbocycles. The van der Waals surface area contributed by atoms with Gasteiger partial charge in [0, 0.05) is 18.1 Å². The van der Waals surface area contributed by atoms with Crippen molar-refractivity contribution in [3.05, 3.63) is 22.8 Å². The number of carboxylic acid groups (broad SMARTS) is 1. The molecule has 0 saturated carbocycles. The fraction of sp³-hybridized carbons (Fsp3) is 0.562.